The van der Waals surface area contributed by atoms with Crippen molar-refractivity contribution in [1.82, 2.24) is 10.2 Å². The number of nitrogens with one attached hydrogen (secondary N) is 1. The number of benzene rings is 1. The Morgan fingerprint density at radius 2 is 1.71 bits per heavy atom. The fraction of sp³-hybridized carbons (Fsp3) is 0.588. The van der Waals surface area contributed by atoms with Gasteiger partial charge in [-0.2, -0.15) is 0 Å². The van der Waals surface area contributed by atoms with Crippen molar-refractivity contribution in [1.29, 1.82) is 0 Å². The van der Waals surface area contributed by atoms with Gasteiger partial charge in [-0.15, -0.1) is 0 Å². The van der Waals surface area contributed by atoms with E-state index in [4.69, 9.17) is 4.74 Å². The second-order valence-corrected chi connectivity index (χ2v) is 6.18. The van der Waals surface area contributed by atoms with Gasteiger partial charge in [-0.1, -0.05) is 19.9 Å². The number of hydrogen-bond donors (Lipinski definition) is 1. The van der Waals surface area contributed by atoms with Crippen LogP contribution in [-0.4, -0.2) is 43.1 Å². The molecule has 0 aliphatic carbocycles. The first kappa shape index (κ1) is 15.8. The number of ether oxygens (including phenoxy) is 1. The molecule has 1 aliphatic heterocycles. The molecule has 1 heterocycles. The molecule has 1 N–H and O–H groups in total. The summed E-state index contributed by atoms with van der Waals surface area (Å²) in [6, 6.07) is 6.09. The highest BCUT2D eigenvalue weighted by Gasteiger charge is 2.29. The third-order valence-corrected chi connectivity index (χ3v) is 3.74. The summed E-state index contributed by atoms with van der Waals surface area (Å²) >= 11 is 0. The monoisotopic (exact) mass is 290 g/mol. The van der Waals surface area contributed by atoms with Gasteiger partial charge in [0.25, 0.3) is 5.91 Å². The summed E-state index contributed by atoms with van der Waals surface area (Å²) in [4.78, 5) is 14.6. The van der Waals surface area contributed by atoms with Crippen LogP contribution in [0.15, 0.2) is 18.2 Å². The third-order valence-electron chi connectivity index (χ3n) is 3.74. The van der Waals surface area contributed by atoms with Gasteiger partial charge in [-0.3, -0.25) is 4.79 Å². The fourth-order valence-corrected chi connectivity index (χ4v) is 2.68. The van der Waals surface area contributed by atoms with Gasteiger partial charge in [0.05, 0.1) is 0 Å². The molecular weight excluding hydrogens is 264 g/mol. The number of hydrogen-bond acceptors (Lipinski definition) is 3. The molecule has 1 atom stereocenters. The minimum absolute atomic E-state index is 0.102. The fourth-order valence-electron chi connectivity index (χ4n) is 2.68. The second-order valence-electron chi connectivity index (χ2n) is 6.18. The van der Waals surface area contributed by atoms with Crippen LogP contribution in [0.25, 0.3) is 0 Å². The number of carbonyl (C=O) groups excluding carboxylic acids is 1. The molecule has 0 aromatic heterocycles. The first-order valence-corrected chi connectivity index (χ1v) is 7.72. The molecule has 0 radical (unpaired) electrons. The molecule has 1 amide bonds. The Hall–Kier alpha value is -1.55. The quantitative estimate of drug-likeness (QED) is 0.924. The van der Waals surface area contributed by atoms with Gasteiger partial charge in [-0.25, -0.2) is 0 Å². The van der Waals surface area contributed by atoms with E-state index in [9.17, 15) is 4.79 Å². The lowest BCUT2D eigenvalue weighted by atomic mass is 10.0. The average Bonchev–Trinajstić information content (AvgIpc) is 2.43. The number of carbonyl (C=O) groups is 1. The second kappa shape index (κ2) is 6.94. The molecule has 0 saturated carbocycles. The molecule has 1 aliphatic rings. The van der Waals surface area contributed by atoms with E-state index < -0.39 is 6.10 Å². The van der Waals surface area contributed by atoms with Gasteiger partial charge in [0, 0.05) is 26.2 Å². The number of rotatable bonds is 4. The van der Waals surface area contributed by atoms with E-state index in [1.807, 2.05) is 44.7 Å². The Labute approximate surface area is 127 Å². The van der Waals surface area contributed by atoms with E-state index in [1.54, 1.807) is 0 Å². The van der Waals surface area contributed by atoms with Crippen LogP contribution in [0.1, 0.15) is 25.0 Å². The van der Waals surface area contributed by atoms with Crippen molar-refractivity contribution in [2.45, 2.75) is 33.8 Å². The van der Waals surface area contributed by atoms with Crippen LogP contribution in [0.4, 0.5) is 0 Å². The topological polar surface area (TPSA) is 41.6 Å². The molecule has 1 aromatic rings. The number of amides is 1. The van der Waals surface area contributed by atoms with E-state index in [0.717, 1.165) is 43.1 Å². The van der Waals surface area contributed by atoms with Crippen LogP contribution >= 0.6 is 0 Å². The van der Waals surface area contributed by atoms with Crippen LogP contribution < -0.4 is 10.1 Å². The molecule has 1 unspecified atom stereocenters. The summed E-state index contributed by atoms with van der Waals surface area (Å²) < 4.78 is 6.04. The zero-order chi connectivity index (χ0) is 15.4. The Kier molecular flexibility index (Phi) is 5.23. The molecule has 1 saturated heterocycles. The highest BCUT2D eigenvalue weighted by molar-refractivity contribution is 5.81. The van der Waals surface area contributed by atoms with Crippen LogP contribution in [0.3, 0.4) is 0 Å². The van der Waals surface area contributed by atoms with E-state index in [1.165, 1.54) is 0 Å². The molecule has 0 spiro atoms. The van der Waals surface area contributed by atoms with Crippen molar-refractivity contribution in [2.75, 3.05) is 26.2 Å². The van der Waals surface area contributed by atoms with Crippen molar-refractivity contribution in [3.63, 3.8) is 0 Å². The number of nitrogens with zero attached hydrogens (tertiary/aromatic N) is 1. The minimum atomic E-state index is -0.413. The summed E-state index contributed by atoms with van der Waals surface area (Å²) in [5.74, 6) is 1.04. The zero-order valence-corrected chi connectivity index (χ0v) is 13.5. The normalized spacial score (nSPS) is 16.9. The lowest BCUT2D eigenvalue weighted by molar-refractivity contribution is -0.141. The van der Waals surface area contributed by atoms with Gasteiger partial charge in [-0.05, 0) is 43.0 Å². The molecule has 116 valence electrons. The Bertz CT molecular complexity index is 473. The Morgan fingerprint density at radius 3 is 2.24 bits per heavy atom. The molecule has 0 bridgehead atoms. The summed E-state index contributed by atoms with van der Waals surface area (Å²) in [6.45, 7) is 11.4. The average molecular weight is 290 g/mol. The maximum Gasteiger partial charge on any atom is 0.263 e. The molecule has 4 heteroatoms. The lowest BCUT2D eigenvalue weighted by Gasteiger charge is -2.32. The van der Waals surface area contributed by atoms with Gasteiger partial charge in [0.1, 0.15) is 5.75 Å². The Morgan fingerprint density at radius 1 is 1.14 bits per heavy atom. The highest BCUT2D eigenvalue weighted by Crippen LogP contribution is 2.21. The summed E-state index contributed by atoms with van der Waals surface area (Å²) in [5, 5.41) is 3.27. The molecule has 4 nitrogen and oxygen atoms in total. The van der Waals surface area contributed by atoms with Gasteiger partial charge in [0.15, 0.2) is 6.10 Å². The summed E-state index contributed by atoms with van der Waals surface area (Å²) in [5.41, 5.74) is 2.31. The molecular formula is C17H26N2O2. The predicted octanol–water partition coefficient (Wildman–Crippen LogP) is 2.14. The summed E-state index contributed by atoms with van der Waals surface area (Å²) in [7, 11) is 0. The third kappa shape index (κ3) is 4.21. The minimum Gasteiger partial charge on any atom is -0.480 e. The lowest BCUT2D eigenvalue weighted by Crippen LogP contribution is -2.52. The van der Waals surface area contributed by atoms with Gasteiger partial charge < -0.3 is 15.0 Å². The van der Waals surface area contributed by atoms with Crippen molar-refractivity contribution in [3.8, 4) is 5.75 Å². The first-order valence-electron chi connectivity index (χ1n) is 7.72. The van der Waals surface area contributed by atoms with Gasteiger partial charge >= 0.3 is 0 Å². The number of aryl methyl sites for hydroxylation is 2. The number of piperazine rings is 1. The van der Waals surface area contributed by atoms with E-state index in [2.05, 4.69) is 11.4 Å². The first-order chi connectivity index (χ1) is 9.97. The highest BCUT2D eigenvalue weighted by atomic mass is 16.5. The maximum atomic E-state index is 12.7. The van der Waals surface area contributed by atoms with Crippen molar-refractivity contribution < 1.29 is 9.53 Å². The molecule has 2 rings (SSSR count). The van der Waals surface area contributed by atoms with Crippen LogP contribution in [-0.2, 0) is 4.79 Å². The van der Waals surface area contributed by atoms with Crippen LogP contribution in [0, 0.1) is 19.8 Å². The van der Waals surface area contributed by atoms with Crippen molar-refractivity contribution in [3.05, 3.63) is 29.3 Å². The predicted molar refractivity (Wildman–Crippen MR) is 84.6 cm³/mol. The van der Waals surface area contributed by atoms with Crippen molar-refractivity contribution >= 4 is 5.91 Å². The van der Waals surface area contributed by atoms with Crippen LogP contribution in [0.2, 0.25) is 0 Å². The molecule has 21 heavy (non-hydrogen) atoms. The van der Waals surface area contributed by atoms with E-state index in [-0.39, 0.29) is 11.8 Å². The summed E-state index contributed by atoms with van der Waals surface area (Å²) in [6.07, 6.45) is -0.413. The van der Waals surface area contributed by atoms with E-state index in [0.29, 0.717) is 0 Å². The van der Waals surface area contributed by atoms with Crippen LogP contribution in [0.5, 0.6) is 5.75 Å². The Balaban J connectivity index is 2.12. The van der Waals surface area contributed by atoms with Gasteiger partial charge in [0.2, 0.25) is 0 Å². The molecule has 1 fully saturated rings. The smallest absolute Gasteiger partial charge is 0.263 e. The van der Waals surface area contributed by atoms with Crippen molar-refractivity contribution in [2.24, 2.45) is 5.92 Å². The standard InChI is InChI=1S/C17H26N2O2/c1-12(2)16(17(20)19-7-5-18-6-8-19)21-15-10-13(3)9-14(4)11-15/h9-12,16,18H,5-8H2,1-4H3. The molecule has 1 aromatic carbocycles. The zero-order valence-electron chi connectivity index (χ0n) is 13.5. The van der Waals surface area contributed by atoms with E-state index >= 15 is 0 Å². The SMILES string of the molecule is Cc1cc(C)cc(OC(C(=O)N2CCNCC2)C(C)C)c1. The largest absolute Gasteiger partial charge is 0.480 e. The maximum absolute atomic E-state index is 12.7.